The summed E-state index contributed by atoms with van der Waals surface area (Å²) < 4.78 is 22.6. The molecule has 1 aromatic carbocycles. The molecule has 0 atom stereocenters. The van der Waals surface area contributed by atoms with Crippen LogP contribution in [0.25, 0.3) is 0 Å². The molecule has 2 rings (SSSR count). The molecule has 1 saturated heterocycles. The van der Waals surface area contributed by atoms with Crippen LogP contribution in [0.15, 0.2) is 24.3 Å². The SMILES string of the molecule is Nc1ccccc1CCCN1CCS(=O)(=O)CC1. The number of anilines is 1. The lowest BCUT2D eigenvalue weighted by Gasteiger charge is -2.26. The van der Waals surface area contributed by atoms with Crippen LogP contribution in [0.4, 0.5) is 5.69 Å². The predicted octanol–water partition coefficient (Wildman–Crippen LogP) is 0.932. The molecule has 18 heavy (non-hydrogen) atoms. The van der Waals surface area contributed by atoms with Crippen molar-refractivity contribution in [2.45, 2.75) is 12.8 Å². The Morgan fingerprint density at radius 1 is 1.17 bits per heavy atom. The van der Waals surface area contributed by atoms with Gasteiger partial charge >= 0.3 is 0 Å². The van der Waals surface area contributed by atoms with Crippen LogP contribution < -0.4 is 5.73 Å². The molecule has 100 valence electrons. The van der Waals surface area contributed by atoms with Crippen molar-refractivity contribution in [2.75, 3.05) is 36.9 Å². The van der Waals surface area contributed by atoms with E-state index in [-0.39, 0.29) is 0 Å². The number of benzene rings is 1. The van der Waals surface area contributed by atoms with Gasteiger partial charge in [-0.3, -0.25) is 0 Å². The lowest BCUT2D eigenvalue weighted by molar-refractivity contribution is 0.292. The molecule has 1 heterocycles. The summed E-state index contributed by atoms with van der Waals surface area (Å²) in [5, 5.41) is 0. The number of hydrogen-bond donors (Lipinski definition) is 1. The molecule has 0 unspecified atom stereocenters. The molecular formula is C13H20N2O2S. The van der Waals surface area contributed by atoms with Gasteiger partial charge in [0.05, 0.1) is 11.5 Å². The van der Waals surface area contributed by atoms with Crippen molar-refractivity contribution in [1.29, 1.82) is 0 Å². The number of nitrogens with two attached hydrogens (primary N) is 1. The van der Waals surface area contributed by atoms with E-state index in [0.717, 1.165) is 25.1 Å². The van der Waals surface area contributed by atoms with Gasteiger partial charge in [-0.05, 0) is 31.0 Å². The highest BCUT2D eigenvalue weighted by Crippen LogP contribution is 2.13. The van der Waals surface area contributed by atoms with E-state index in [1.54, 1.807) is 0 Å². The molecule has 0 aromatic heterocycles. The highest BCUT2D eigenvalue weighted by atomic mass is 32.2. The van der Waals surface area contributed by atoms with E-state index >= 15 is 0 Å². The van der Waals surface area contributed by atoms with Crippen LogP contribution in [0.2, 0.25) is 0 Å². The van der Waals surface area contributed by atoms with E-state index in [1.807, 2.05) is 18.2 Å². The summed E-state index contributed by atoms with van der Waals surface area (Å²) in [7, 11) is -2.76. The van der Waals surface area contributed by atoms with Gasteiger partial charge < -0.3 is 10.6 Å². The summed E-state index contributed by atoms with van der Waals surface area (Å²) in [6.45, 7) is 2.29. The first-order chi connectivity index (χ1) is 8.57. The molecule has 1 fully saturated rings. The van der Waals surface area contributed by atoms with E-state index in [0.29, 0.717) is 24.6 Å². The van der Waals surface area contributed by atoms with E-state index in [2.05, 4.69) is 11.0 Å². The van der Waals surface area contributed by atoms with Crippen LogP contribution in [-0.2, 0) is 16.3 Å². The Balaban J connectivity index is 1.75. The molecule has 1 aliphatic rings. The fourth-order valence-corrected chi connectivity index (χ4v) is 3.51. The van der Waals surface area contributed by atoms with Gasteiger partial charge in [0.25, 0.3) is 0 Å². The quantitative estimate of drug-likeness (QED) is 0.825. The zero-order valence-electron chi connectivity index (χ0n) is 10.5. The first-order valence-electron chi connectivity index (χ1n) is 6.33. The Morgan fingerprint density at radius 2 is 1.83 bits per heavy atom. The maximum atomic E-state index is 11.3. The van der Waals surface area contributed by atoms with Gasteiger partial charge in [-0.1, -0.05) is 18.2 Å². The molecule has 0 bridgehead atoms. The maximum Gasteiger partial charge on any atom is 0.152 e. The molecular weight excluding hydrogens is 248 g/mol. The lowest BCUT2D eigenvalue weighted by atomic mass is 10.1. The number of hydrogen-bond acceptors (Lipinski definition) is 4. The van der Waals surface area contributed by atoms with Crippen molar-refractivity contribution < 1.29 is 8.42 Å². The molecule has 1 aromatic rings. The first kappa shape index (κ1) is 13.4. The Morgan fingerprint density at radius 3 is 2.50 bits per heavy atom. The highest BCUT2D eigenvalue weighted by molar-refractivity contribution is 7.91. The topological polar surface area (TPSA) is 63.4 Å². The minimum Gasteiger partial charge on any atom is -0.399 e. The van der Waals surface area contributed by atoms with Gasteiger partial charge in [-0.15, -0.1) is 0 Å². The van der Waals surface area contributed by atoms with Crippen LogP contribution in [-0.4, -0.2) is 44.5 Å². The second-order valence-electron chi connectivity index (χ2n) is 4.80. The second-order valence-corrected chi connectivity index (χ2v) is 7.10. The number of sulfone groups is 1. The largest absolute Gasteiger partial charge is 0.399 e. The third kappa shape index (κ3) is 3.71. The zero-order chi connectivity index (χ0) is 13.0. The third-order valence-electron chi connectivity index (χ3n) is 3.41. The van der Waals surface area contributed by atoms with Crippen LogP contribution in [0.3, 0.4) is 0 Å². The summed E-state index contributed by atoms with van der Waals surface area (Å²) in [5.74, 6) is 0.612. The van der Waals surface area contributed by atoms with Gasteiger partial charge in [-0.25, -0.2) is 8.42 Å². The van der Waals surface area contributed by atoms with Crippen molar-refractivity contribution in [3.8, 4) is 0 Å². The van der Waals surface area contributed by atoms with Gasteiger partial charge in [0.1, 0.15) is 0 Å². The van der Waals surface area contributed by atoms with E-state index in [1.165, 1.54) is 5.56 Å². The van der Waals surface area contributed by atoms with Crippen molar-refractivity contribution in [3.63, 3.8) is 0 Å². The minimum atomic E-state index is -2.76. The maximum absolute atomic E-state index is 11.3. The van der Waals surface area contributed by atoms with Crippen molar-refractivity contribution in [1.82, 2.24) is 4.90 Å². The van der Waals surface area contributed by atoms with Gasteiger partial charge in [0.2, 0.25) is 0 Å². The number of aryl methyl sites for hydroxylation is 1. The monoisotopic (exact) mass is 268 g/mol. The van der Waals surface area contributed by atoms with E-state index in [4.69, 9.17) is 5.73 Å². The fraction of sp³-hybridized carbons (Fsp3) is 0.538. The summed E-state index contributed by atoms with van der Waals surface area (Å²) in [5.41, 5.74) is 7.91. The molecule has 0 aliphatic carbocycles. The van der Waals surface area contributed by atoms with Gasteiger partial charge in [0.15, 0.2) is 9.84 Å². The fourth-order valence-electron chi connectivity index (χ4n) is 2.23. The standard InChI is InChI=1S/C13H20N2O2S/c14-13-6-2-1-4-12(13)5-3-7-15-8-10-18(16,17)11-9-15/h1-2,4,6H,3,5,7-11,14H2. The van der Waals surface area contributed by atoms with Crippen LogP contribution >= 0.6 is 0 Å². The average molecular weight is 268 g/mol. The predicted molar refractivity (Wildman–Crippen MR) is 74.3 cm³/mol. The smallest absolute Gasteiger partial charge is 0.152 e. The number of nitrogens with zero attached hydrogens (tertiary/aromatic N) is 1. The average Bonchev–Trinajstić information content (AvgIpc) is 2.34. The Kier molecular flexibility index (Phi) is 4.24. The Bertz CT molecular complexity index is 485. The molecule has 5 heteroatoms. The summed E-state index contributed by atoms with van der Waals surface area (Å²) >= 11 is 0. The van der Waals surface area contributed by atoms with Crippen LogP contribution in [0.1, 0.15) is 12.0 Å². The lowest BCUT2D eigenvalue weighted by Crippen LogP contribution is -2.40. The molecule has 1 aliphatic heterocycles. The first-order valence-corrected chi connectivity index (χ1v) is 8.15. The summed E-state index contributed by atoms with van der Waals surface area (Å²) in [6, 6.07) is 7.91. The van der Waals surface area contributed by atoms with Gasteiger partial charge in [-0.2, -0.15) is 0 Å². The molecule has 4 nitrogen and oxygen atoms in total. The van der Waals surface area contributed by atoms with E-state index in [9.17, 15) is 8.42 Å². The number of para-hydroxylation sites is 1. The third-order valence-corrected chi connectivity index (χ3v) is 5.02. The number of nitrogen functional groups attached to an aromatic ring is 1. The van der Waals surface area contributed by atoms with E-state index < -0.39 is 9.84 Å². The molecule has 2 N–H and O–H groups in total. The highest BCUT2D eigenvalue weighted by Gasteiger charge is 2.20. The summed E-state index contributed by atoms with van der Waals surface area (Å²) in [4.78, 5) is 2.22. The number of rotatable bonds is 4. The Labute approximate surface area is 109 Å². The zero-order valence-corrected chi connectivity index (χ0v) is 11.3. The molecule has 0 amide bonds. The molecule has 0 radical (unpaired) electrons. The normalized spacial score (nSPS) is 19.8. The summed E-state index contributed by atoms with van der Waals surface area (Å²) in [6.07, 6.45) is 1.98. The Hall–Kier alpha value is -1.07. The minimum absolute atomic E-state index is 0.306. The molecule has 0 spiro atoms. The van der Waals surface area contributed by atoms with Crippen molar-refractivity contribution in [2.24, 2.45) is 0 Å². The van der Waals surface area contributed by atoms with Crippen LogP contribution in [0.5, 0.6) is 0 Å². The van der Waals surface area contributed by atoms with Gasteiger partial charge in [0, 0.05) is 18.8 Å². The van der Waals surface area contributed by atoms with Crippen molar-refractivity contribution in [3.05, 3.63) is 29.8 Å². The van der Waals surface area contributed by atoms with Crippen LogP contribution in [0, 0.1) is 0 Å². The molecule has 0 saturated carbocycles. The second kappa shape index (κ2) is 5.71. The van der Waals surface area contributed by atoms with Crippen molar-refractivity contribution >= 4 is 15.5 Å².